The van der Waals surface area contributed by atoms with E-state index in [1.165, 1.54) is 32.4 Å². The summed E-state index contributed by atoms with van der Waals surface area (Å²) in [6.45, 7) is 0. The molecule has 2 aromatic rings. The Balaban J connectivity index is 1.71. The fraction of sp³-hybridized carbons (Fsp3) is 0.533. The molecule has 0 unspecified atom stereocenters. The maximum absolute atomic E-state index is 12.5. The van der Waals surface area contributed by atoms with Crippen molar-refractivity contribution in [1.29, 1.82) is 0 Å². The molecule has 22 heavy (non-hydrogen) atoms. The Morgan fingerprint density at radius 2 is 2.09 bits per heavy atom. The molecule has 1 aromatic heterocycles. The number of ether oxygens (including phenoxy) is 1. The summed E-state index contributed by atoms with van der Waals surface area (Å²) in [7, 11) is 1.51. The van der Waals surface area contributed by atoms with Crippen LogP contribution in [0.5, 0.6) is 5.75 Å². The quantitative estimate of drug-likeness (QED) is 0.678. The van der Waals surface area contributed by atoms with Crippen LogP contribution in [0.2, 0.25) is 0 Å². The Labute approximate surface area is 127 Å². The van der Waals surface area contributed by atoms with Gasteiger partial charge in [0.25, 0.3) is 0 Å². The number of fused-ring (bicyclic) bond motifs is 3. The first kappa shape index (κ1) is 13.4. The van der Waals surface area contributed by atoms with Gasteiger partial charge in [0.2, 0.25) is 5.10 Å². The van der Waals surface area contributed by atoms with Crippen LogP contribution in [0.3, 0.4) is 0 Å². The predicted octanol–water partition coefficient (Wildman–Crippen LogP) is 1.11. The number of rotatable bonds is 3. The Hall–Kier alpha value is -2.31. The third-order valence-corrected chi connectivity index (χ3v) is 5.04. The van der Waals surface area contributed by atoms with Gasteiger partial charge in [-0.2, -0.15) is 0 Å². The van der Waals surface area contributed by atoms with Crippen LogP contribution < -0.4 is 19.6 Å². The van der Waals surface area contributed by atoms with Crippen LogP contribution in [-0.2, 0) is 0 Å². The predicted molar refractivity (Wildman–Crippen MR) is 79.1 cm³/mol. The SMILES string of the molecule is COc1ccc2c(c1)[n+]([O-])nc(N[C@@H]1C[C@H]3CC[C@@H]1C3)[n+]2[O-]. The molecule has 1 aromatic carbocycles. The minimum Gasteiger partial charge on any atom is -0.739 e. The highest BCUT2D eigenvalue weighted by molar-refractivity contribution is 5.70. The zero-order chi connectivity index (χ0) is 15.3. The molecule has 1 heterocycles. The molecule has 4 rings (SSSR count). The third kappa shape index (κ3) is 2.00. The van der Waals surface area contributed by atoms with Crippen LogP contribution in [0.1, 0.15) is 25.7 Å². The molecule has 2 bridgehead atoms. The molecule has 7 heteroatoms. The van der Waals surface area contributed by atoms with Crippen molar-refractivity contribution in [2.24, 2.45) is 11.8 Å². The Bertz CT molecular complexity index is 736. The number of nitrogens with one attached hydrogen (secondary N) is 1. The van der Waals surface area contributed by atoms with Gasteiger partial charge in [0, 0.05) is 4.85 Å². The second-order valence-corrected chi connectivity index (χ2v) is 6.27. The lowest BCUT2D eigenvalue weighted by Crippen LogP contribution is -2.46. The highest BCUT2D eigenvalue weighted by Crippen LogP contribution is 2.45. The summed E-state index contributed by atoms with van der Waals surface area (Å²) in [6, 6.07) is 5.02. The average Bonchev–Trinajstić information content (AvgIpc) is 3.14. The van der Waals surface area contributed by atoms with E-state index in [1.807, 2.05) is 0 Å². The van der Waals surface area contributed by atoms with E-state index in [0.29, 0.717) is 21.2 Å². The molecular formula is C15H18N4O3. The van der Waals surface area contributed by atoms with E-state index in [1.54, 1.807) is 12.1 Å². The number of aromatic nitrogens is 3. The fourth-order valence-corrected chi connectivity index (χ4v) is 3.92. The van der Waals surface area contributed by atoms with Gasteiger partial charge in [0.1, 0.15) is 5.75 Å². The highest BCUT2D eigenvalue weighted by atomic mass is 16.5. The molecule has 0 aliphatic heterocycles. The first-order chi connectivity index (χ1) is 10.7. The van der Waals surface area contributed by atoms with Crippen molar-refractivity contribution in [3.63, 3.8) is 0 Å². The summed E-state index contributed by atoms with van der Waals surface area (Å²) in [5.74, 6) is 1.96. The fourth-order valence-electron chi connectivity index (χ4n) is 3.92. The summed E-state index contributed by atoms with van der Waals surface area (Å²) in [5, 5.41) is 31.6. The zero-order valence-electron chi connectivity index (χ0n) is 12.4. The molecule has 0 saturated heterocycles. The molecule has 2 aliphatic rings. The summed E-state index contributed by atoms with van der Waals surface area (Å²) in [5.41, 5.74) is 0.490. The van der Waals surface area contributed by atoms with Crippen LogP contribution in [0.25, 0.3) is 11.0 Å². The smallest absolute Gasteiger partial charge is 0.461 e. The molecular weight excluding hydrogens is 284 g/mol. The van der Waals surface area contributed by atoms with Crippen molar-refractivity contribution < 1.29 is 14.3 Å². The van der Waals surface area contributed by atoms with Gasteiger partial charge in [0.15, 0.2) is 5.52 Å². The molecule has 7 nitrogen and oxygen atoms in total. The number of hydrogen-bond acceptors (Lipinski definition) is 5. The molecule has 0 radical (unpaired) electrons. The molecule has 2 fully saturated rings. The van der Waals surface area contributed by atoms with Crippen molar-refractivity contribution in [3.05, 3.63) is 28.6 Å². The average molecular weight is 302 g/mol. The van der Waals surface area contributed by atoms with Gasteiger partial charge in [-0.1, -0.05) is 0 Å². The number of nitrogens with zero attached hydrogens (tertiary/aromatic N) is 3. The molecule has 0 amide bonds. The number of methoxy groups -OCH3 is 1. The molecule has 3 atom stereocenters. The molecule has 1 N–H and O–H groups in total. The summed E-state index contributed by atoms with van der Waals surface area (Å²) < 4.78 is 5.79. The van der Waals surface area contributed by atoms with Gasteiger partial charge in [-0.05, 0) is 49.7 Å². The van der Waals surface area contributed by atoms with Crippen molar-refractivity contribution >= 4 is 17.0 Å². The van der Waals surface area contributed by atoms with E-state index in [0.717, 1.165) is 12.3 Å². The van der Waals surface area contributed by atoms with Gasteiger partial charge < -0.3 is 15.2 Å². The van der Waals surface area contributed by atoms with Gasteiger partial charge in [0.05, 0.1) is 19.2 Å². The van der Waals surface area contributed by atoms with Crippen LogP contribution in [0.4, 0.5) is 5.95 Å². The molecule has 0 spiro atoms. The lowest BCUT2D eigenvalue weighted by atomic mass is 9.95. The Kier molecular flexibility index (Phi) is 2.95. The normalized spacial score (nSPS) is 26.5. The largest absolute Gasteiger partial charge is 0.739 e. The minimum atomic E-state index is 0.0882. The molecule has 2 aliphatic carbocycles. The van der Waals surface area contributed by atoms with E-state index in [4.69, 9.17) is 4.74 Å². The maximum atomic E-state index is 12.5. The van der Waals surface area contributed by atoms with Crippen molar-refractivity contribution in [3.8, 4) is 5.75 Å². The summed E-state index contributed by atoms with van der Waals surface area (Å²) in [4.78, 5) is 0.488. The van der Waals surface area contributed by atoms with Crippen molar-refractivity contribution in [2.45, 2.75) is 31.7 Å². The van der Waals surface area contributed by atoms with Gasteiger partial charge >= 0.3 is 11.5 Å². The van der Waals surface area contributed by atoms with Gasteiger partial charge in [-0.25, -0.2) is 4.73 Å². The highest BCUT2D eigenvalue weighted by Gasteiger charge is 2.42. The first-order valence-electron chi connectivity index (χ1n) is 7.63. The van der Waals surface area contributed by atoms with Crippen LogP contribution in [0, 0.1) is 22.3 Å². The number of benzene rings is 1. The number of anilines is 1. The first-order valence-corrected chi connectivity index (χ1v) is 7.63. The van der Waals surface area contributed by atoms with E-state index >= 15 is 0 Å². The van der Waals surface area contributed by atoms with E-state index in [-0.39, 0.29) is 23.0 Å². The van der Waals surface area contributed by atoms with Gasteiger partial charge in [-0.3, -0.25) is 5.32 Å². The third-order valence-electron chi connectivity index (χ3n) is 5.04. The van der Waals surface area contributed by atoms with E-state index in [2.05, 4.69) is 10.4 Å². The second-order valence-electron chi connectivity index (χ2n) is 6.27. The standard InChI is InChI=1S/C15H18N4O3/c1-22-11-4-5-13-14(8-11)19(21)17-15(18(13)20)16-12-7-9-2-3-10(12)6-9/h4-5,8-10,12H,2-3,6-7H2,1H3,(H,16,17)/t9-,10+,12+/m0/s1. The van der Waals surface area contributed by atoms with Crippen LogP contribution >= 0.6 is 0 Å². The lowest BCUT2D eigenvalue weighted by Gasteiger charge is -2.20. The summed E-state index contributed by atoms with van der Waals surface area (Å²) >= 11 is 0. The maximum Gasteiger partial charge on any atom is 0.461 e. The second kappa shape index (κ2) is 4.86. The van der Waals surface area contributed by atoms with E-state index in [9.17, 15) is 10.4 Å². The monoisotopic (exact) mass is 302 g/mol. The molecule has 2 saturated carbocycles. The van der Waals surface area contributed by atoms with E-state index < -0.39 is 0 Å². The minimum absolute atomic E-state index is 0.0882. The van der Waals surface area contributed by atoms with Crippen molar-refractivity contribution in [1.82, 2.24) is 5.10 Å². The Morgan fingerprint density at radius 3 is 2.77 bits per heavy atom. The number of hydrogen-bond donors (Lipinski definition) is 1. The summed E-state index contributed by atoms with van der Waals surface area (Å²) in [6.07, 6.45) is 4.76. The van der Waals surface area contributed by atoms with Crippen LogP contribution in [0.15, 0.2) is 18.2 Å². The van der Waals surface area contributed by atoms with Gasteiger partial charge in [-0.15, -0.1) is 0 Å². The Morgan fingerprint density at radius 1 is 1.23 bits per heavy atom. The topological polar surface area (TPSA) is 88.0 Å². The lowest BCUT2D eigenvalue weighted by molar-refractivity contribution is -0.672. The van der Waals surface area contributed by atoms with Crippen molar-refractivity contribution in [2.75, 3.05) is 12.4 Å². The van der Waals surface area contributed by atoms with Crippen LogP contribution in [-0.4, -0.2) is 18.3 Å². The molecule has 116 valence electrons. The zero-order valence-corrected chi connectivity index (χ0v) is 12.4.